The van der Waals surface area contributed by atoms with Gasteiger partial charge in [0.2, 0.25) is 5.91 Å². The van der Waals surface area contributed by atoms with Gasteiger partial charge in [0.25, 0.3) is 0 Å². The van der Waals surface area contributed by atoms with Crippen LogP contribution in [0.4, 0.5) is 0 Å². The number of hydrogen-bond donors (Lipinski definition) is 1. The van der Waals surface area contributed by atoms with Crippen molar-refractivity contribution in [2.45, 2.75) is 38.2 Å². The van der Waals surface area contributed by atoms with Crippen LogP contribution in [0.5, 0.6) is 5.75 Å². The van der Waals surface area contributed by atoms with Crippen molar-refractivity contribution >= 4 is 18.3 Å². The Hall–Kier alpha value is -1.30. The molecule has 0 unspecified atom stereocenters. The Bertz CT molecular complexity index is 451. The Kier molecular flexibility index (Phi) is 10.5. The molecule has 1 heterocycles. The van der Waals surface area contributed by atoms with Gasteiger partial charge in [-0.05, 0) is 44.4 Å². The first-order chi connectivity index (χ1) is 11.3. The van der Waals surface area contributed by atoms with Crippen LogP contribution in [0.2, 0.25) is 0 Å². The summed E-state index contributed by atoms with van der Waals surface area (Å²) in [4.78, 5) is 14.1. The number of carbonyl (C=O) groups is 1. The minimum Gasteiger partial charge on any atom is -0.494 e. The van der Waals surface area contributed by atoms with E-state index in [0.717, 1.165) is 51.1 Å². The molecule has 0 atom stereocenters. The van der Waals surface area contributed by atoms with Gasteiger partial charge in [-0.3, -0.25) is 4.79 Å². The van der Waals surface area contributed by atoms with Gasteiger partial charge in [-0.1, -0.05) is 18.2 Å². The van der Waals surface area contributed by atoms with Crippen LogP contribution in [-0.4, -0.2) is 49.8 Å². The van der Waals surface area contributed by atoms with Crippen LogP contribution < -0.4 is 10.5 Å². The molecule has 0 spiro atoms. The van der Waals surface area contributed by atoms with Gasteiger partial charge in [-0.2, -0.15) is 0 Å². The highest BCUT2D eigenvalue weighted by Crippen LogP contribution is 2.15. The highest BCUT2D eigenvalue weighted by molar-refractivity contribution is 5.85. The predicted octanol–water partition coefficient (Wildman–Crippen LogP) is 2.62. The maximum Gasteiger partial charge on any atom is 0.222 e. The number of benzene rings is 1. The summed E-state index contributed by atoms with van der Waals surface area (Å²) >= 11 is 0. The SMILES string of the molecule is Cl.NCCCOC1CCN(C(=O)CCCOc2ccccc2)CC1. The summed E-state index contributed by atoms with van der Waals surface area (Å²) < 4.78 is 11.4. The van der Waals surface area contributed by atoms with Crippen LogP contribution in [0.15, 0.2) is 30.3 Å². The second-order valence-corrected chi connectivity index (χ2v) is 5.86. The van der Waals surface area contributed by atoms with Crippen molar-refractivity contribution in [2.75, 3.05) is 32.8 Å². The van der Waals surface area contributed by atoms with E-state index in [2.05, 4.69) is 0 Å². The van der Waals surface area contributed by atoms with Crippen molar-refractivity contribution < 1.29 is 14.3 Å². The molecule has 0 aliphatic carbocycles. The third-order valence-corrected chi connectivity index (χ3v) is 4.04. The van der Waals surface area contributed by atoms with Crippen LogP contribution in [0, 0.1) is 0 Å². The maximum atomic E-state index is 12.2. The van der Waals surface area contributed by atoms with Gasteiger partial charge in [0.15, 0.2) is 0 Å². The molecule has 0 saturated carbocycles. The molecule has 1 aliphatic rings. The van der Waals surface area contributed by atoms with Crippen molar-refractivity contribution in [2.24, 2.45) is 5.73 Å². The minimum atomic E-state index is 0. The number of piperidine rings is 1. The Balaban J connectivity index is 0.00000288. The number of amides is 1. The number of nitrogens with zero attached hydrogens (tertiary/aromatic N) is 1. The number of nitrogens with two attached hydrogens (primary N) is 1. The smallest absolute Gasteiger partial charge is 0.222 e. The second-order valence-electron chi connectivity index (χ2n) is 5.86. The van der Waals surface area contributed by atoms with Crippen molar-refractivity contribution in [1.29, 1.82) is 0 Å². The number of ether oxygens (including phenoxy) is 2. The Morgan fingerprint density at radius 1 is 1.12 bits per heavy atom. The second kappa shape index (κ2) is 12.1. The highest BCUT2D eigenvalue weighted by Gasteiger charge is 2.22. The first-order valence-corrected chi connectivity index (χ1v) is 8.57. The van der Waals surface area contributed by atoms with E-state index in [0.29, 0.717) is 19.6 Å². The third kappa shape index (κ3) is 7.51. The lowest BCUT2D eigenvalue weighted by molar-refractivity contribution is -0.134. The molecular formula is C18H29ClN2O3. The Morgan fingerprint density at radius 2 is 1.83 bits per heavy atom. The van der Waals surface area contributed by atoms with E-state index in [1.807, 2.05) is 35.2 Å². The average Bonchev–Trinajstić information content (AvgIpc) is 2.60. The molecule has 1 amide bonds. The predicted molar refractivity (Wildman–Crippen MR) is 97.6 cm³/mol. The van der Waals surface area contributed by atoms with Crippen molar-refractivity contribution in [3.05, 3.63) is 30.3 Å². The molecule has 0 radical (unpaired) electrons. The molecule has 1 aromatic rings. The van der Waals surface area contributed by atoms with Crippen LogP contribution in [0.25, 0.3) is 0 Å². The molecule has 1 saturated heterocycles. The Morgan fingerprint density at radius 3 is 2.50 bits per heavy atom. The van der Waals surface area contributed by atoms with E-state index < -0.39 is 0 Å². The molecular weight excluding hydrogens is 328 g/mol. The zero-order chi connectivity index (χ0) is 16.3. The molecule has 1 fully saturated rings. The fraction of sp³-hybridized carbons (Fsp3) is 0.611. The van der Waals surface area contributed by atoms with Gasteiger partial charge in [0.05, 0.1) is 12.7 Å². The zero-order valence-electron chi connectivity index (χ0n) is 14.2. The normalized spacial score (nSPS) is 15.0. The van der Waals surface area contributed by atoms with Gasteiger partial charge >= 0.3 is 0 Å². The molecule has 0 aromatic heterocycles. The van der Waals surface area contributed by atoms with E-state index >= 15 is 0 Å². The standard InChI is InChI=1S/C18H28N2O3.ClH/c19-11-5-15-23-17-9-12-20(13-10-17)18(21)8-4-14-22-16-6-2-1-3-7-16;/h1-3,6-7,17H,4-5,8-15,19H2;1H. The maximum absolute atomic E-state index is 12.2. The molecule has 136 valence electrons. The quantitative estimate of drug-likeness (QED) is 0.691. The third-order valence-electron chi connectivity index (χ3n) is 4.04. The summed E-state index contributed by atoms with van der Waals surface area (Å²) in [5.41, 5.74) is 5.46. The monoisotopic (exact) mass is 356 g/mol. The van der Waals surface area contributed by atoms with E-state index in [1.165, 1.54) is 0 Å². The number of hydrogen-bond acceptors (Lipinski definition) is 4. The van der Waals surface area contributed by atoms with Crippen molar-refractivity contribution in [3.63, 3.8) is 0 Å². The van der Waals surface area contributed by atoms with E-state index in [-0.39, 0.29) is 24.4 Å². The molecule has 0 bridgehead atoms. The summed E-state index contributed by atoms with van der Waals surface area (Å²) in [6.07, 6.45) is 4.34. The van der Waals surface area contributed by atoms with Crippen molar-refractivity contribution in [3.8, 4) is 5.75 Å². The molecule has 2 N–H and O–H groups in total. The summed E-state index contributed by atoms with van der Waals surface area (Å²) in [5, 5.41) is 0. The number of rotatable bonds is 9. The van der Waals surface area contributed by atoms with Gasteiger partial charge in [-0.25, -0.2) is 0 Å². The van der Waals surface area contributed by atoms with Gasteiger partial charge in [0.1, 0.15) is 5.75 Å². The highest BCUT2D eigenvalue weighted by atomic mass is 35.5. The Labute approximate surface area is 150 Å². The minimum absolute atomic E-state index is 0. The van der Waals surface area contributed by atoms with E-state index in [1.54, 1.807) is 0 Å². The molecule has 1 aliphatic heterocycles. The lowest BCUT2D eigenvalue weighted by atomic mass is 10.1. The van der Waals surface area contributed by atoms with Crippen LogP contribution in [0.1, 0.15) is 32.1 Å². The lowest BCUT2D eigenvalue weighted by Gasteiger charge is -2.32. The topological polar surface area (TPSA) is 64.8 Å². The average molecular weight is 357 g/mol. The van der Waals surface area contributed by atoms with E-state index in [9.17, 15) is 4.79 Å². The fourth-order valence-corrected chi connectivity index (χ4v) is 2.69. The van der Waals surface area contributed by atoms with Gasteiger partial charge in [-0.15, -0.1) is 12.4 Å². The van der Waals surface area contributed by atoms with E-state index in [4.69, 9.17) is 15.2 Å². The summed E-state index contributed by atoms with van der Waals surface area (Å²) in [5.74, 6) is 1.08. The lowest BCUT2D eigenvalue weighted by Crippen LogP contribution is -2.41. The van der Waals surface area contributed by atoms with Gasteiger partial charge in [0, 0.05) is 26.1 Å². The van der Waals surface area contributed by atoms with Crippen LogP contribution in [0.3, 0.4) is 0 Å². The first kappa shape index (κ1) is 20.7. The van der Waals surface area contributed by atoms with Crippen LogP contribution >= 0.6 is 12.4 Å². The number of likely N-dealkylation sites (tertiary alicyclic amines) is 1. The molecule has 6 heteroatoms. The van der Waals surface area contributed by atoms with Crippen LogP contribution in [-0.2, 0) is 9.53 Å². The van der Waals surface area contributed by atoms with Gasteiger partial charge < -0.3 is 20.1 Å². The summed E-state index contributed by atoms with van der Waals surface area (Å²) in [7, 11) is 0. The zero-order valence-corrected chi connectivity index (χ0v) is 15.0. The summed E-state index contributed by atoms with van der Waals surface area (Å²) in [6.45, 7) is 3.57. The number of halogens is 1. The number of carbonyl (C=O) groups excluding carboxylic acids is 1. The molecule has 1 aromatic carbocycles. The molecule has 5 nitrogen and oxygen atoms in total. The molecule has 24 heavy (non-hydrogen) atoms. The fourth-order valence-electron chi connectivity index (χ4n) is 2.69. The molecule has 2 rings (SSSR count). The largest absolute Gasteiger partial charge is 0.494 e. The first-order valence-electron chi connectivity index (χ1n) is 8.57. The number of para-hydroxylation sites is 1. The van der Waals surface area contributed by atoms with Crippen molar-refractivity contribution in [1.82, 2.24) is 4.90 Å². The summed E-state index contributed by atoms with van der Waals surface area (Å²) in [6, 6.07) is 9.70.